The number of imidazole rings is 1. The minimum absolute atomic E-state index is 0.0237. The third-order valence-electron chi connectivity index (χ3n) is 2.37. The van der Waals surface area contributed by atoms with Crippen molar-refractivity contribution in [1.29, 1.82) is 0 Å². The van der Waals surface area contributed by atoms with Crippen LogP contribution in [0.5, 0.6) is 0 Å². The van der Waals surface area contributed by atoms with E-state index in [9.17, 15) is 0 Å². The maximum atomic E-state index is 5.82. The van der Waals surface area contributed by atoms with Crippen LogP contribution in [0.1, 0.15) is 24.4 Å². The van der Waals surface area contributed by atoms with Crippen LogP contribution in [-0.4, -0.2) is 14.5 Å². The zero-order valence-corrected chi connectivity index (χ0v) is 8.88. The number of nitrogens with zero attached hydrogens (tertiary/aromatic N) is 3. The lowest BCUT2D eigenvalue weighted by atomic mass is 10.1. The van der Waals surface area contributed by atoms with Crippen LogP contribution in [0.4, 0.5) is 0 Å². The number of aromatic nitrogens is 3. The van der Waals surface area contributed by atoms with Gasteiger partial charge in [0, 0.05) is 24.6 Å². The Labute approximate surface area is 88.8 Å². The average molecular weight is 202 g/mol. The molecule has 2 heterocycles. The quantitative estimate of drug-likeness (QED) is 0.804. The highest BCUT2D eigenvalue weighted by Gasteiger charge is 2.04. The van der Waals surface area contributed by atoms with Gasteiger partial charge in [0.05, 0.1) is 0 Å². The van der Waals surface area contributed by atoms with Crippen molar-refractivity contribution in [3.63, 3.8) is 0 Å². The fourth-order valence-corrected chi connectivity index (χ4v) is 1.47. The first-order valence-electron chi connectivity index (χ1n) is 4.90. The standard InChI is InChI=1S/C11H14N4/c1-8(12)10-3-4-14-11(7-10)15-6-5-13-9(15)2/h3-8H,12H2,1-2H3/t8-/m1/s1. The van der Waals surface area contributed by atoms with Crippen LogP contribution in [0.3, 0.4) is 0 Å². The summed E-state index contributed by atoms with van der Waals surface area (Å²) in [6.07, 6.45) is 5.42. The normalized spacial score (nSPS) is 12.7. The van der Waals surface area contributed by atoms with E-state index in [0.717, 1.165) is 17.2 Å². The van der Waals surface area contributed by atoms with Crippen molar-refractivity contribution in [3.05, 3.63) is 42.1 Å². The summed E-state index contributed by atoms with van der Waals surface area (Å²) in [4.78, 5) is 8.45. The zero-order valence-electron chi connectivity index (χ0n) is 8.88. The molecule has 0 unspecified atom stereocenters. The van der Waals surface area contributed by atoms with Crippen LogP contribution in [0.2, 0.25) is 0 Å². The predicted octanol–water partition coefficient (Wildman–Crippen LogP) is 1.60. The van der Waals surface area contributed by atoms with Gasteiger partial charge in [0.2, 0.25) is 0 Å². The zero-order chi connectivity index (χ0) is 10.8. The van der Waals surface area contributed by atoms with Gasteiger partial charge in [-0.1, -0.05) is 0 Å². The minimum Gasteiger partial charge on any atom is -0.324 e. The van der Waals surface area contributed by atoms with E-state index in [4.69, 9.17) is 5.73 Å². The highest BCUT2D eigenvalue weighted by molar-refractivity contribution is 5.30. The Balaban J connectivity index is 2.46. The molecule has 2 aromatic rings. The Bertz CT molecular complexity index is 459. The van der Waals surface area contributed by atoms with Crippen LogP contribution in [-0.2, 0) is 0 Å². The highest BCUT2D eigenvalue weighted by atomic mass is 15.1. The van der Waals surface area contributed by atoms with E-state index >= 15 is 0 Å². The first kappa shape index (κ1) is 9.86. The number of hydrogen-bond acceptors (Lipinski definition) is 3. The van der Waals surface area contributed by atoms with Gasteiger partial charge >= 0.3 is 0 Å². The summed E-state index contributed by atoms with van der Waals surface area (Å²) in [5.41, 5.74) is 6.90. The summed E-state index contributed by atoms with van der Waals surface area (Å²) >= 11 is 0. The first-order chi connectivity index (χ1) is 7.18. The molecule has 2 aromatic heterocycles. The molecule has 0 saturated heterocycles. The third-order valence-corrected chi connectivity index (χ3v) is 2.37. The molecule has 0 saturated carbocycles. The van der Waals surface area contributed by atoms with E-state index in [-0.39, 0.29) is 6.04 Å². The summed E-state index contributed by atoms with van der Waals surface area (Å²) < 4.78 is 1.94. The van der Waals surface area contributed by atoms with Gasteiger partial charge in [-0.25, -0.2) is 9.97 Å². The number of pyridine rings is 1. The van der Waals surface area contributed by atoms with Gasteiger partial charge in [-0.3, -0.25) is 4.57 Å². The maximum Gasteiger partial charge on any atom is 0.138 e. The van der Waals surface area contributed by atoms with Crippen LogP contribution in [0, 0.1) is 6.92 Å². The topological polar surface area (TPSA) is 56.7 Å². The predicted molar refractivity (Wildman–Crippen MR) is 58.7 cm³/mol. The highest BCUT2D eigenvalue weighted by Crippen LogP contribution is 2.13. The van der Waals surface area contributed by atoms with E-state index in [1.165, 1.54) is 0 Å². The van der Waals surface area contributed by atoms with Crippen molar-refractivity contribution in [2.75, 3.05) is 0 Å². The Morgan fingerprint density at radius 1 is 1.33 bits per heavy atom. The van der Waals surface area contributed by atoms with Gasteiger partial charge in [-0.15, -0.1) is 0 Å². The number of aryl methyl sites for hydroxylation is 1. The van der Waals surface area contributed by atoms with E-state index in [0.29, 0.717) is 0 Å². The molecular weight excluding hydrogens is 188 g/mol. The molecule has 0 fully saturated rings. The molecule has 0 aliphatic carbocycles. The molecule has 0 spiro atoms. The first-order valence-corrected chi connectivity index (χ1v) is 4.90. The van der Waals surface area contributed by atoms with Crippen LogP contribution < -0.4 is 5.73 Å². The van der Waals surface area contributed by atoms with Crippen LogP contribution >= 0.6 is 0 Å². The molecular formula is C11H14N4. The number of rotatable bonds is 2. The molecule has 4 nitrogen and oxygen atoms in total. The summed E-state index contributed by atoms with van der Waals surface area (Å²) in [5, 5.41) is 0. The molecule has 0 radical (unpaired) electrons. The number of hydrogen-bond donors (Lipinski definition) is 1. The van der Waals surface area contributed by atoms with Gasteiger partial charge in [0.15, 0.2) is 0 Å². The second-order valence-corrected chi connectivity index (χ2v) is 3.58. The molecule has 78 valence electrons. The van der Waals surface area contributed by atoms with Crippen molar-refractivity contribution in [3.8, 4) is 5.82 Å². The Morgan fingerprint density at radius 2 is 2.13 bits per heavy atom. The molecule has 4 heteroatoms. The second-order valence-electron chi connectivity index (χ2n) is 3.58. The third kappa shape index (κ3) is 1.89. The fraction of sp³-hybridized carbons (Fsp3) is 0.273. The van der Waals surface area contributed by atoms with Gasteiger partial charge in [-0.2, -0.15) is 0 Å². The molecule has 2 N–H and O–H groups in total. The van der Waals surface area contributed by atoms with E-state index in [1.807, 2.05) is 36.7 Å². The fourth-order valence-electron chi connectivity index (χ4n) is 1.47. The molecule has 1 atom stereocenters. The number of nitrogens with two attached hydrogens (primary N) is 1. The van der Waals surface area contributed by atoms with Crippen molar-refractivity contribution < 1.29 is 0 Å². The van der Waals surface area contributed by atoms with Crippen LogP contribution in [0.25, 0.3) is 5.82 Å². The lowest BCUT2D eigenvalue weighted by molar-refractivity contribution is 0.808. The van der Waals surface area contributed by atoms with Gasteiger partial charge in [0.1, 0.15) is 11.6 Å². The molecule has 0 aromatic carbocycles. The molecule has 0 aliphatic heterocycles. The van der Waals surface area contributed by atoms with E-state index < -0.39 is 0 Å². The average Bonchev–Trinajstić information content (AvgIpc) is 2.64. The lowest BCUT2D eigenvalue weighted by Gasteiger charge is -2.08. The summed E-state index contributed by atoms with van der Waals surface area (Å²) in [6.45, 7) is 3.90. The largest absolute Gasteiger partial charge is 0.324 e. The van der Waals surface area contributed by atoms with E-state index in [1.54, 1.807) is 12.4 Å². The Kier molecular flexibility index (Phi) is 2.51. The molecule has 0 aliphatic rings. The van der Waals surface area contributed by atoms with Crippen LogP contribution in [0.15, 0.2) is 30.7 Å². The van der Waals surface area contributed by atoms with Crippen molar-refractivity contribution in [2.24, 2.45) is 5.73 Å². The summed E-state index contributed by atoms with van der Waals surface area (Å²) in [5.74, 6) is 1.78. The molecule has 2 rings (SSSR count). The maximum absolute atomic E-state index is 5.82. The van der Waals surface area contributed by atoms with Crippen molar-refractivity contribution in [2.45, 2.75) is 19.9 Å². The molecule has 0 amide bonds. The Hall–Kier alpha value is -1.68. The molecule has 15 heavy (non-hydrogen) atoms. The van der Waals surface area contributed by atoms with Gasteiger partial charge < -0.3 is 5.73 Å². The summed E-state index contributed by atoms with van der Waals surface area (Å²) in [7, 11) is 0. The molecule has 0 bridgehead atoms. The van der Waals surface area contributed by atoms with E-state index in [2.05, 4.69) is 9.97 Å². The monoisotopic (exact) mass is 202 g/mol. The SMILES string of the molecule is Cc1nccn1-c1cc([C@@H](C)N)ccn1. The second kappa shape index (κ2) is 3.82. The lowest BCUT2D eigenvalue weighted by Crippen LogP contribution is -2.07. The minimum atomic E-state index is 0.0237. The summed E-state index contributed by atoms with van der Waals surface area (Å²) in [6, 6.07) is 3.94. The van der Waals surface area contributed by atoms with Gasteiger partial charge in [-0.05, 0) is 31.5 Å². The Morgan fingerprint density at radius 3 is 2.73 bits per heavy atom. The van der Waals surface area contributed by atoms with Crippen molar-refractivity contribution >= 4 is 0 Å². The smallest absolute Gasteiger partial charge is 0.138 e. The van der Waals surface area contributed by atoms with Crippen molar-refractivity contribution in [1.82, 2.24) is 14.5 Å². The van der Waals surface area contributed by atoms with Gasteiger partial charge in [0.25, 0.3) is 0 Å².